The molecule has 0 aromatic heterocycles. The smallest absolute Gasteiger partial charge is 0.451 e. The standard InChI is InChI=1S/C23H30BFN2O4/c25-21-17(9-6-10-20(21)16-7-2-1-3-8-16)15-27-19-13-18(14-19)23(26,22(28)29)11-4-5-12-24(30)31/h1-3,6-10,18-19,27,30-31H,4-5,11-15,26H2,(H,28,29)/t18?,19?,23-/m0/s1. The quantitative estimate of drug-likeness (QED) is 0.278. The van der Waals surface area contributed by atoms with Crippen LogP contribution in [0.15, 0.2) is 48.5 Å². The van der Waals surface area contributed by atoms with E-state index in [1.807, 2.05) is 36.4 Å². The summed E-state index contributed by atoms with van der Waals surface area (Å²) >= 11 is 0. The molecule has 1 saturated carbocycles. The maximum atomic E-state index is 15.0. The molecule has 1 aliphatic rings. The number of carboxylic acid groups (broad SMARTS) is 1. The molecule has 166 valence electrons. The average Bonchev–Trinajstić information content (AvgIpc) is 2.71. The SMILES string of the molecule is N[C@](CCCCB(O)O)(C(=O)O)C1CC(NCc2cccc(-c3ccccc3)c2F)C1. The lowest BCUT2D eigenvalue weighted by molar-refractivity contribution is -0.148. The van der Waals surface area contributed by atoms with Crippen molar-refractivity contribution >= 4 is 13.1 Å². The molecule has 2 aromatic carbocycles. The Kier molecular flexibility index (Phi) is 7.83. The first-order valence-electron chi connectivity index (χ1n) is 10.8. The molecule has 6 nitrogen and oxygen atoms in total. The van der Waals surface area contributed by atoms with E-state index in [0.29, 0.717) is 49.8 Å². The molecule has 1 fully saturated rings. The Morgan fingerprint density at radius 1 is 1.13 bits per heavy atom. The maximum absolute atomic E-state index is 15.0. The molecule has 31 heavy (non-hydrogen) atoms. The van der Waals surface area contributed by atoms with Crippen molar-refractivity contribution in [2.45, 2.75) is 56.5 Å². The Morgan fingerprint density at radius 2 is 1.84 bits per heavy atom. The number of nitrogens with one attached hydrogen (secondary N) is 1. The van der Waals surface area contributed by atoms with Crippen molar-refractivity contribution in [3.8, 4) is 11.1 Å². The van der Waals surface area contributed by atoms with Gasteiger partial charge in [0.15, 0.2) is 0 Å². The number of benzene rings is 2. The number of nitrogens with two attached hydrogens (primary N) is 1. The van der Waals surface area contributed by atoms with E-state index in [-0.39, 0.29) is 24.1 Å². The predicted octanol–water partition coefficient (Wildman–Crippen LogP) is 2.79. The van der Waals surface area contributed by atoms with E-state index in [2.05, 4.69) is 5.32 Å². The van der Waals surface area contributed by atoms with Crippen LogP contribution in [0.25, 0.3) is 11.1 Å². The van der Waals surface area contributed by atoms with Gasteiger partial charge in [0, 0.05) is 23.7 Å². The van der Waals surface area contributed by atoms with Crippen LogP contribution >= 0.6 is 0 Å². The predicted molar refractivity (Wildman–Crippen MR) is 119 cm³/mol. The second kappa shape index (κ2) is 10.4. The summed E-state index contributed by atoms with van der Waals surface area (Å²) in [6.45, 7) is 0.364. The van der Waals surface area contributed by atoms with E-state index >= 15 is 0 Å². The van der Waals surface area contributed by atoms with Gasteiger partial charge < -0.3 is 26.2 Å². The molecule has 0 heterocycles. The van der Waals surface area contributed by atoms with Gasteiger partial charge in [0.2, 0.25) is 0 Å². The molecule has 8 heteroatoms. The van der Waals surface area contributed by atoms with Gasteiger partial charge in [-0.05, 0) is 37.1 Å². The lowest BCUT2D eigenvalue weighted by Crippen LogP contribution is -2.61. The van der Waals surface area contributed by atoms with E-state index in [9.17, 15) is 14.3 Å². The van der Waals surface area contributed by atoms with Crippen molar-refractivity contribution in [2.75, 3.05) is 0 Å². The second-order valence-electron chi connectivity index (χ2n) is 8.46. The first-order chi connectivity index (χ1) is 14.8. The largest absolute Gasteiger partial charge is 0.480 e. The topological polar surface area (TPSA) is 116 Å². The summed E-state index contributed by atoms with van der Waals surface area (Å²) in [6.07, 6.45) is 2.76. The molecule has 0 bridgehead atoms. The lowest BCUT2D eigenvalue weighted by Gasteiger charge is -2.45. The number of carbonyl (C=O) groups is 1. The van der Waals surface area contributed by atoms with Crippen LogP contribution in [-0.4, -0.2) is 39.8 Å². The summed E-state index contributed by atoms with van der Waals surface area (Å²) in [7, 11) is -1.38. The molecule has 1 atom stereocenters. The van der Waals surface area contributed by atoms with Crippen molar-refractivity contribution in [3.05, 3.63) is 59.9 Å². The molecule has 0 amide bonds. The molecule has 0 unspecified atom stereocenters. The van der Waals surface area contributed by atoms with Crippen LogP contribution in [0, 0.1) is 11.7 Å². The van der Waals surface area contributed by atoms with Crippen molar-refractivity contribution < 1.29 is 24.3 Å². The molecule has 0 radical (unpaired) electrons. The zero-order valence-electron chi connectivity index (χ0n) is 17.5. The highest BCUT2D eigenvalue weighted by Gasteiger charge is 2.48. The van der Waals surface area contributed by atoms with Crippen LogP contribution in [0.3, 0.4) is 0 Å². The second-order valence-corrected chi connectivity index (χ2v) is 8.46. The highest BCUT2D eigenvalue weighted by molar-refractivity contribution is 6.40. The third-order valence-corrected chi connectivity index (χ3v) is 6.31. The number of hydrogen-bond acceptors (Lipinski definition) is 5. The highest BCUT2D eigenvalue weighted by atomic mass is 19.1. The van der Waals surface area contributed by atoms with E-state index in [4.69, 9.17) is 15.8 Å². The molecule has 0 aliphatic heterocycles. The first-order valence-corrected chi connectivity index (χ1v) is 10.8. The molecule has 0 spiro atoms. The monoisotopic (exact) mass is 428 g/mol. The molecular weight excluding hydrogens is 398 g/mol. The van der Waals surface area contributed by atoms with Crippen LogP contribution in [0.4, 0.5) is 4.39 Å². The number of carboxylic acids is 1. The van der Waals surface area contributed by atoms with Gasteiger partial charge in [-0.3, -0.25) is 4.79 Å². The van der Waals surface area contributed by atoms with Crippen LogP contribution < -0.4 is 11.1 Å². The van der Waals surface area contributed by atoms with E-state index < -0.39 is 18.6 Å². The fraction of sp³-hybridized carbons (Fsp3) is 0.435. The van der Waals surface area contributed by atoms with Crippen molar-refractivity contribution in [1.82, 2.24) is 5.32 Å². The Morgan fingerprint density at radius 3 is 2.48 bits per heavy atom. The number of halogens is 1. The number of rotatable bonds is 11. The van der Waals surface area contributed by atoms with Gasteiger partial charge in [-0.2, -0.15) is 0 Å². The van der Waals surface area contributed by atoms with E-state index in [1.54, 1.807) is 12.1 Å². The third kappa shape index (κ3) is 5.71. The van der Waals surface area contributed by atoms with Crippen molar-refractivity contribution in [3.63, 3.8) is 0 Å². The summed E-state index contributed by atoms with van der Waals surface area (Å²) < 4.78 is 15.0. The van der Waals surface area contributed by atoms with Crippen molar-refractivity contribution in [2.24, 2.45) is 11.7 Å². The normalized spacial score (nSPS) is 20.0. The van der Waals surface area contributed by atoms with Crippen LogP contribution in [0.5, 0.6) is 0 Å². The molecule has 0 saturated heterocycles. The van der Waals surface area contributed by atoms with E-state index in [1.165, 1.54) is 0 Å². The first kappa shape index (κ1) is 23.4. The molecule has 6 N–H and O–H groups in total. The summed E-state index contributed by atoms with van der Waals surface area (Å²) in [4.78, 5) is 11.8. The Hall–Kier alpha value is -2.26. The maximum Gasteiger partial charge on any atom is 0.451 e. The number of aliphatic carboxylic acids is 1. The van der Waals surface area contributed by atoms with Gasteiger partial charge in [0.05, 0.1) is 0 Å². The number of hydrogen-bond donors (Lipinski definition) is 5. The van der Waals surface area contributed by atoms with E-state index in [0.717, 1.165) is 5.56 Å². The minimum absolute atomic E-state index is 0.0892. The van der Waals surface area contributed by atoms with Gasteiger partial charge in [-0.1, -0.05) is 61.4 Å². The minimum Gasteiger partial charge on any atom is -0.480 e. The third-order valence-electron chi connectivity index (χ3n) is 6.31. The van der Waals surface area contributed by atoms with Gasteiger partial charge in [-0.25, -0.2) is 4.39 Å². The molecular formula is C23H30BFN2O4. The average molecular weight is 428 g/mol. The Bertz CT molecular complexity index is 877. The fourth-order valence-electron chi connectivity index (χ4n) is 4.25. The molecule has 2 aromatic rings. The van der Waals surface area contributed by atoms with Gasteiger partial charge in [0.1, 0.15) is 11.4 Å². The van der Waals surface area contributed by atoms with Gasteiger partial charge in [-0.15, -0.1) is 0 Å². The summed E-state index contributed by atoms with van der Waals surface area (Å²) in [5.74, 6) is -1.44. The lowest BCUT2D eigenvalue weighted by atomic mass is 9.66. The zero-order chi connectivity index (χ0) is 22.4. The Labute approximate surface area is 182 Å². The van der Waals surface area contributed by atoms with Crippen LogP contribution in [0.2, 0.25) is 6.32 Å². The van der Waals surface area contributed by atoms with Gasteiger partial charge in [0.25, 0.3) is 0 Å². The molecule has 1 aliphatic carbocycles. The summed E-state index contributed by atoms with van der Waals surface area (Å²) in [5, 5.41) is 30.8. The minimum atomic E-state index is -1.38. The highest BCUT2D eigenvalue weighted by Crippen LogP contribution is 2.38. The summed E-state index contributed by atoms with van der Waals surface area (Å²) in [6, 6.07) is 14.8. The Balaban J connectivity index is 1.53. The number of unbranched alkanes of at least 4 members (excludes halogenated alkanes) is 1. The van der Waals surface area contributed by atoms with Gasteiger partial charge >= 0.3 is 13.1 Å². The molecule has 3 rings (SSSR count). The fourth-order valence-corrected chi connectivity index (χ4v) is 4.25. The van der Waals surface area contributed by atoms with Crippen molar-refractivity contribution in [1.29, 1.82) is 0 Å². The summed E-state index contributed by atoms with van der Waals surface area (Å²) in [5.41, 5.74) is 6.87. The van der Waals surface area contributed by atoms with Crippen LogP contribution in [-0.2, 0) is 11.3 Å². The zero-order valence-corrected chi connectivity index (χ0v) is 17.5. The van der Waals surface area contributed by atoms with Crippen LogP contribution in [0.1, 0.15) is 37.7 Å².